The van der Waals surface area contributed by atoms with Crippen LogP contribution in [-0.4, -0.2) is 16.6 Å². The molecule has 0 radical (unpaired) electrons. The van der Waals surface area contributed by atoms with Gasteiger partial charge in [0.05, 0.1) is 5.52 Å². The van der Waals surface area contributed by atoms with E-state index in [0.29, 0.717) is 17.6 Å². The molecule has 2 aromatic rings. The summed E-state index contributed by atoms with van der Waals surface area (Å²) in [5.74, 6) is 0.636. The van der Waals surface area contributed by atoms with Gasteiger partial charge in [-0.1, -0.05) is 0 Å². The first-order chi connectivity index (χ1) is 6.31. The monoisotopic (exact) mass is 177 g/mol. The van der Waals surface area contributed by atoms with Gasteiger partial charge in [0, 0.05) is 17.6 Å². The number of benzene rings is 1. The highest BCUT2D eigenvalue weighted by Crippen LogP contribution is 2.26. The van der Waals surface area contributed by atoms with E-state index in [2.05, 4.69) is 9.72 Å². The van der Waals surface area contributed by atoms with Crippen LogP contribution in [0.1, 0.15) is 0 Å². The summed E-state index contributed by atoms with van der Waals surface area (Å²) in [5.41, 5.74) is 0.733. The molecule has 0 aliphatic carbocycles. The second-order valence-corrected chi connectivity index (χ2v) is 2.60. The van der Waals surface area contributed by atoms with Gasteiger partial charge in [-0.15, -0.1) is 0 Å². The molecule has 1 aromatic carbocycles. The van der Waals surface area contributed by atoms with Gasteiger partial charge >= 0.3 is 0 Å². The lowest BCUT2D eigenvalue weighted by Crippen LogP contribution is -1.87. The molecule has 0 amide bonds. The first kappa shape index (κ1) is 7.67. The summed E-state index contributed by atoms with van der Waals surface area (Å²) in [7, 11) is 0. The van der Waals surface area contributed by atoms with Crippen LogP contribution < -0.4 is 4.74 Å². The second kappa shape index (κ2) is 2.82. The number of aromatic amines is 1. The molecule has 0 saturated carbocycles. The van der Waals surface area contributed by atoms with Crippen molar-refractivity contribution < 1.29 is 14.6 Å². The van der Waals surface area contributed by atoms with E-state index < -0.39 is 0 Å². The zero-order chi connectivity index (χ0) is 9.26. The van der Waals surface area contributed by atoms with Crippen LogP contribution in [0.25, 0.3) is 10.9 Å². The molecule has 0 atom stereocenters. The van der Waals surface area contributed by atoms with Gasteiger partial charge in [-0.25, -0.2) is 0 Å². The van der Waals surface area contributed by atoms with E-state index in [9.17, 15) is 9.90 Å². The first-order valence-electron chi connectivity index (χ1n) is 3.71. The number of nitrogens with one attached hydrogen (secondary N) is 1. The van der Waals surface area contributed by atoms with E-state index in [4.69, 9.17) is 0 Å². The van der Waals surface area contributed by atoms with Gasteiger partial charge in [-0.2, -0.15) is 0 Å². The highest BCUT2D eigenvalue weighted by atomic mass is 16.5. The lowest BCUT2D eigenvalue weighted by Gasteiger charge is -1.96. The number of hydrogen-bond donors (Lipinski definition) is 2. The SMILES string of the molecule is O=COc1ccc2c(O)c[nH]c2c1. The van der Waals surface area contributed by atoms with Crippen LogP contribution in [0.15, 0.2) is 24.4 Å². The van der Waals surface area contributed by atoms with Crippen molar-refractivity contribution in [2.45, 2.75) is 0 Å². The lowest BCUT2D eigenvalue weighted by molar-refractivity contribution is -0.120. The first-order valence-corrected chi connectivity index (χ1v) is 3.71. The van der Waals surface area contributed by atoms with Gasteiger partial charge in [0.15, 0.2) is 0 Å². The van der Waals surface area contributed by atoms with Gasteiger partial charge in [0.1, 0.15) is 11.5 Å². The van der Waals surface area contributed by atoms with Crippen LogP contribution in [0.5, 0.6) is 11.5 Å². The van der Waals surface area contributed by atoms with E-state index in [-0.39, 0.29) is 5.75 Å². The summed E-state index contributed by atoms with van der Waals surface area (Å²) in [5, 5.41) is 10.00. The average molecular weight is 177 g/mol. The fourth-order valence-corrected chi connectivity index (χ4v) is 1.22. The molecule has 0 bridgehead atoms. The number of hydrogen-bond acceptors (Lipinski definition) is 3. The Hall–Kier alpha value is -1.97. The third-order valence-electron chi connectivity index (χ3n) is 1.82. The summed E-state index contributed by atoms with van der Waals surface area (Å²) < 4.78 is 4.64. The summed E-state index contributed by atoms with van der Waals surface area (Å²) in [4.78, 5) is 12.9. The molecule has 2 N–H and O–H groups in total. The molecule has 0 unspecified atom stereocenters. The molecule has 2 rings (SSSR count). The number of aromatic hydroxyl groups is 1. The van der Waals surface area contributed by atoms with Crippen molar-refractivity contribution in [3.05, 3.63) is 24.4 Å². The van der Waals surface area contributed by atoms with Crippen LogP contribution in [0, 0.1) is 0 Å². The zero-order valence-electron chi connectivity index (χ0n) is 6.65. The standard InChI is InChI=1S/C9H7NO3/c11-5-13-6-1-2-7-8(3-6)10-4-9(7)12/h1-5,10,12H. The van der Waals surface area contributed by atoms with Gasteiger partial charge in [-0.3, -0.25) is 4.79 Å². The van der Waals surface area contributed by atoms with E-state index in [1.807, 2.05) is 0 Å². The Morgan fingerprint density at radius 2 is 2.31 bits per heavy atom. The molecule has 13 heavy (non-hydrogen) atoms. The smallest absolute Gasteiger partial charge is 0.298 e. The van der Waals surface area contributed by atoms with Crippen LogP contribution in [0.4, 0.5) is 0 Å². The summed E-state index contributed by atoms with van der Waals surface area (Å²) in [6.07, 6.45) is 1.48. The van der Waals surface area contributed by atoms with Crippen molar-refractivity contribution >= 4 is 17.4 Å². The fourth-order valence-electron chi connectivity index (χ4n) is 1.22. The minimum absolute atomic E-state index is 0.188. The minimum Gasteiger partial charge on any atom is -0.506 e. The van der Waals surface area contributed by atoms with Gasteiger partial charge in [0.25, 0.3) is 6.47 Å². The van der Waals surface area contributed by atoms with Crippen molar-refractivity contribution in [2.75, 3.05) is 0 Å². The van der Waals surface area contributed by atoms with Crippen LogP contribution in [0.3, 0.4) is 0 Å². The number of ether oxygens (including phenoxy) is 1. The molecule has 0 saturated heterocycles. The van der Waals surface area contributed by atoms with Crippen molar-refractivity contribution in [2.24, 2.45) is 0 Å². The maximum Gasteiger partial charge on any atom is 0.298 e. The largest absolute Gasteiger partial charge is 0.506 e. The normalized spacial score (nSPS) is 10.2. The summed E-state index contributed by atoms with van der Waals surface area (Å²) in [6.45, 7) is 0.365. The molecule has 4 heteroatoms. The molecule has 1 aromatic heterocycles. The van der Waals surface area contributed by atoms with Crippen LogP contribution >= 0.6 is 0 Å². The Morgan fingerprint density at radius 3 is 3.08 bits per heavy atom. The van der Waals surface area contributed by atoms with Crippen molar-refractivity contribution in [3.8, 4) is 11.5 Å². The van der Waals surface area contributed by atoms with Gasteiger partial charge < -0.3 is 14.8 Å². The summed E-state index contributed by atoms with van der Waals surface area (Å²) >= 11 is 0. The fraction of sp³-hybridized carbons (Fsp3) is 0. The maximum absolute atomic E-state index is 10.0. The van der Waals surface area contributed by atoms with E-state index in [1.54, 1.807) is 18.2 Å². The molecule has 0 fully saturated rings. The molecule has 66 valence electrons. The number of carbonyl (C=O) groups is 1. The summed E-state index contributed by atoms with van der Waals surface area (Å²) in [6, 6.07) is 4.94. The quantitative estimate of drug-likeness (QED) is 0.681. The Balaban J connectivity index is 2.56. The number of fused-ring (bicyclic) bond motifs is 1. The molecular formula is C9H7NO3. The maximum atomic E-state index is 10.0. The van der Waals surface area contributed by atoms with Crippen LogP contribution in [-0.2, 0) is 4.79 Å². The Bertz CT molecular complexity index is 447. The minimum atomic E-state index is 0.188. The van der Waals surface area contributed by atoms with Crippen molar-refractivity contribution in [3.63, 3.8) is 0 Å². The highest BCUT2D eigenvalue weighted by molar-refractivity contribution is 5.86. The Labute approximate surface area is 73.8 Å². The highest BCUT2D eigenvalue weighted by Gasteiger charge is 2.02. The van der Waals surface area contributed by atoms with E-state index in [1.165, 1.54) is 6.20 Å². The van der Waals surface area contributed by atoms with Gasteiger partial charge in [0.2, 0.25) is 0 Å². The van der Waals surface area contributed by atoms with E-state index >= 15 is 0 Å². The number of aromatic nitrogens is 1. The molecule has 0 aliphatic heterocycles. The third kappa shape index (κ3) is 1.22. The topological polar surface area (TPSA) is 62.3 Å². The van der Waals surface area contributed by atoms with E-state index in [0.717, 1.165) is 5.52 Å². The molecule has 4 nitrogen and oxygen atoms in total. The predicted molar refractivity (Wildman–Crippen MR) is 46.7 cm³/mol. The van der Waals surface area contributed by atoms with Gasteiger partial charge in [-0.05, 0) is 12.1 Å². The Morgan fingerprint density at radius 1 is 1.46 bits per heavy atom. The van der Waals surface area contributed by atoms with Crippen molar-refractivity contribution in [1.29, 1.82) is 0 Å². The molecular weight excluding hydrogens is 170 g/mol. The third-order valence-corrected chi connectivity index (χ3v) is 1.82. The molecule has 0 aliphatic rings. The molecule has 1 heterocycles. The van der Waals surface area contributed by atoms with Crippen molar-refractivity contribution in [1.82, 2.24) is 4.98 Å². The average Bonchev–Trinajstić information content (AvgIpc) is 2.48. The van der Waals surface area contributed by atoms with Crippen LogP contribution in [0.2, 0.25) is 0 Å². The second-order valence-electron chi connectivity index (χ2n) is 2.60. The predicted octanol–water partition coefficient (Wildman–Crippen LogP) is 1.41. The number of H-pyrrole nitrogens is 1. The molecule has 0 spiro atoms. The number of carbonyl (C=O) groups excluding carboxylic acids is 1. The Kier molecular flexibility index (Phi) is 1.66. The lowest BCUT2D eigenvalue weighted by atomic mass is 10.2. The number of rotatable bonds is 2. The zero-order valence-corrected chi connectivity index (χ0v) is 6.65.